The zero-order valence-corrected chi connectivity index (χ0v) is 31.6. The lowest BCUT2D eigenvalue weighted by Crippen LogP contribution is -2.56. The van der Waals surface area contributed by atoms with Gasteiger partial charge in [-0.2, -0.15) is 4.31 Å². The molecule has 2 spiro atoms. The molecule has 3 aliphatic heterocycles. The maximum absolute atomic E-state index is 13.4. The van der Waals surface area contributed by atoms with Crippen LogP contribution < -0.4 is 0 Å². The van der Waals surface area contributed by atoms with Gasteiger partial charge in [0.1, 0.15) is 12.2 Å². The van der Waals surface area contributed by atoms with Gasteiger partial charge >= 0.3 is 12.2 Å². The molecule has 11 unspecified atom stereocenters. The van der Waals surface area contributed by atoms with E-state index in [0.29, 0.717) is 60.2 Å². The maximum Gasteiger partial charge on any atom is 0.410 e. The number of likely N-dealkylation sites (tertiary alicyclic amines) is 1. The van der Waals surface area contributed by atoms with E-state index >= 15 is 0 Å². The van der Waals surface area contributed by atoms with E-state index in [9.17, 15) is 18.0 Å². The molecule has 2 amide bonds. The van der Waals surface area contributed by atoms with Crippen LogP contribution in [0.5, 0.6) is 0 Å². The summed E-state index contributed by atoms with van der Waals surface area (Å²) in [5.74, 6) is 2.77. The zero-order chi connectivity index (χ0) is 34.7. The summed E-state index contributed by atoms with van der Waals surface area (Å²) in [7, 11) is -3.25. The van der Waals surface area contributed by atoms with Crippen molar-refractivity contribution in [3.63, 3.8) is 0 Å². The summed E-state index contributed by atoms with van der Waals surface area (Å²) in [5, 5.41) is 0. The topological polar surface area (TPSA) is 106 Å². The van der Waals surface area contributed by atoms with E-state index in [1.165, 1.54) is 49.1 Å². The average Bonchev–Trinajstić information content (AvgIpc) is 3.59. The Morgan fingerprint density at radius 2 is 1.49 bits per heavy atom. The summed E-state index contributed by atoms with van der Waals surface area (Å²) in [6.45, 7) is 14.7. The smallest absolute Gasteiger partial charge is 0.410 e. The third-order valence-electron chi connectivity index (χ3n) is 16.1. The van der Waals surface area contributed by atoms with Crippen molar-refractivity contribution < 1.29 is 32.2 Å². The number of ether oxygens (including phenoxy) is 3. The van der Waals surface area contributed by atoms with Crippen molar-refractivity contribution in [2.45, 2.75) is 130 Å². The van der Waals surface area contributed by atoms with Gasteiger partial charge in [0.05, 0.1) is 18.5 Å². The Morgan fingerprint density at radius 3 is 2.14 bits per heavy atom. The minimum atomic E-state index is -3.25. The quantitative estimate of drug-likeness (QED) is 0.339. The molecule has 0 N–H and O–H groups in total. The lowest BCUT2D eigenvalue weighted by atomic mass is 9.46. The Bertz CT molecular complexity index is 1440. The van der Waals surface area contributed by atoms with Crippen LogP contribution in [0.25, 0.3) is 0 Å². The van der Waals surface area contributed by atoms with E-state index < -0.39 is 10.0 Å². The number of carbonyl (C=O) groups excluding carboxylic acids is 2. The fraction of sp³-hybridized carbons (Fsp3) is 0.947. The summed E-state index contributed by atoms with van der Waals surface area (Å²) in [6, 6.07) is 0. The highest BCUT2D eigenvalue weighted by molar-refractivity contribution is 7.88. The number of carbonyl (C=O) groups is 2. The molecule has 10 nitrogen and oxygen atoms in total. The second-order valence-corrected chi connectivity index (χ2v) is 20.8. The van der Waals surface area contributed by atoms with E-state index in [2.05, 4.69) is 34.6 Å². The van der Waals surface area contributed by atoms with E-state index in [1.807, 2.05) is 4.90 Å². The molecule has 49 heavy (non-hydrogen) atoms. The molecular formula is C38H61N3O7S. The van der Waals surface area contributed by atoms with Crippen LogP contribution in [-0.2, 0) is 24.2 Å². The molecule has 11 atom stereocenters. The standard InChI is InChI=1S/C38H61N3O7S/c1-24(2)32(48-34(43)39-16-7-17-39)28-10-8-26-29(46-28)22-27-25-9-11-30-35(3,4)31(12-13-38(30)23-37(25,38)15-14-36(26,27)5)47-33(42)40-18-20-41(21-19-40)49(6,44)45/h24-32H,7-23H2,1-6H3. The summed E-state index contributed by atoms with van der Waals surface area (Å²) in [6.07, 6.45) is 13.5. The van der Waals surface area contributed by atoms with Gasteiger partial charge in [0.25, 0.3) is 0 Å². The first-order valence-corrected chi connectivity index (χ1v) is 21.5. The number of hydrogen-bond donors (Lipinski definition) is 0. The second-order valence-electron chi connectivity index (χ2n) is 18.8. The largest absolute Gasteiger partial charge is 0.446 e. The number of sulfonamides is 1. The Labute approximate surface area is 294 Å². The summed E-state index contributed by atoms with van der Waals surface area (Å²) in [5.41, 5.74) is 0.981. The van der Waals surface area contributed by atoms with Crippen molar-refractivity contribution in [1.82, 2.24) is 14.1 Å². The van der Waals surface area contributed by atoms with Crippen molar-refractivity contribution in [2.75, 3.05) is 45.5 Å². The van der Waals surface area contributed by atoms with Crippen LogP contribution in [0.15, 0.2) is 0 Å². The lowest BCUT2D eigenvalue weighted by molar-refractivity contribution is -0.151. The number of amides is 2. The van der Waals surface area contributed by atoms with Gasteiger partial charge in [0, 0.05) is 44.7 Å². The first kappa shape index (κ1) is 34.5. The van der Waals surface area contributed by atoms with Crippen LogP contribution in [0.4, 0.5) is 9.59 Å². The van der Waals surface area contributed by atoms with Crippen LogP contribution in [-0.4, -0.2) is 105 Å². The predicted octanol–water partition coefficient (Wildman–Crippen LogP) is 6.14. The van der Waals surface area contributed by atoms with Gasteiger partial charge in [0.15, 0.2) is 0 Å². The van der Waals surface area contributed by atoms with Crippen molar-refractivity contribution in [3.05, 3.63) is 0 Å². The maximum atomic E-state index is 13.4. The lowest BCUT2D eigenvalue weighted by Gasteiger charge is -2.59. The number of hydrogen-bond acceptors (Lipinski definition) is 7. The molecule has 0 aromatic carbocycles. The third kappa shape index (κ3) is 5.22. The molecule has 11 heteroatoms. The molecule has 3 saturated heterocycles. The normalized spacial score (nSPS) is 44.8. The SMILES string of the molecule is CC(C)C(OC(=O)N1CCC1)C1CCC2C(CC3C4CCC5C(C)(C)C(OC(=O)N6CCN(S(C)(=O)=O)CC6)CCC56CC46CCC23C)O1. The van der Waals surface area contributed by atoms with Gasteiger partial charge in [-0.05, 0) is 116 Å². The van der Waals surface area contributed by atoms with Gasteiger partial charge in [-0.1, -0.05) is 34.6 Å². The molecule has 5 aliphatic carbocycles. The number of nitrogens with zero attached hydrogens (tertiary/aromatic N) is 3. The number of fused-ring (bicyclic) bond motifs is 4. The summed E-state index contributed by atoms with van der Waals surface area (Å²) in [4.78, 5) is 29.7. The highest BCUT2D eigenvalue weighted by atomic mass is 32.2. The van der Waals surface area contributed by atoms with Crippen LogP contribution >= 0.6 is 0 Å². The molecule has 8 rings (SSSR count). The van der Waals surface area contributed by atoms with Gasteiger partial charge in [-0.15, -0.1) is 0 Å². The third-order valence-corrected chi connectivity index (χ3v) is 17.4. The van der Waals surface area contributed by atoms with E-state index in [1.54, 1.807) is 4.90 Å². The summed E-state index contributed by atoms with van der Waals surface area (Å²) < 4.78 is 44.9. The molecule has 0 aromatic heterocycles. The van der Waals surface area contributed by atoms with Gasteiger partial charge < -0.3 is 24.0 Å². The van der Waals surface area contributed by atoms with Crippen LogP contribution in [0.2, 0.25) is 0 Å². The second kappa shape index (κ2) is 11.7. The van der Waals surface area contributed by atoms with E-state index in [-0.39, 0.29) is 47.9 Å². The van der Waals surface area contributed by atoms with Crippen molar-refractivity contribution in [3.8, 4) is 0 Å². The minimum absolute atomic E-state index is 0.0189. The number of piperazine rings is 1. The molecule has 8 aliphatic rings. The van der Waals surface area contributed by atoms with Crippen LogP contribution in [0.1, 0.15) is 105 Å². The van der Waals surface area contributed by atoms with Crippen molar-refractivity contribution in [2.24, 2.45) is 51.2 Å². The number of rotatable bonds is 5. The van der Waals surface area contributed by atoms with Gasteiger partial charge in [0.2, 0.25) is 10.0 Å². The predicted molar refractivity (Wildman–Crippen MR) is 185 cm³/mol. The molecule has 0 bridgehead atoms. The van der Waals surface area contributed by atoms with Gasteiger partial charge in [-0.25, -0.2) is 18.0 Å². The molecule has 0 radical (unpaired) electrons. The Balaban J connectivity index is 0.932. The zero-order valence-electron chi connectivity index (χ0n) is 30.8. The first-order chi connectivity index (χ1) is 23.1. The molecule has 0 aromatic rings. The average molecular weight is 704 g/mol. The summed E-state index contributed by atoms with van der Waals surface area (Å²) >= 11 is 0. The molecule has 8 fully saturated rings. The van der Waals surface area contributed by atoms with Crippen molar-refractivity contribution >= 4 is 22.2 Å². The highest BCUT2D eigenvalue weighted by Crippen LogP contribution is 2.87. The Hall–Kier alpha value is -1.59. The highest BCUT2D eigenvalue weighted by Gasteiger charge is 2.81. The van der Waals surface area contributed by atoms with Crippen LogP contribution in [0.3, 0.4) is 0 Å². The fourth-order valence-electron chi connectivity index (χ4n) is 13.4. The molecule has 3 heterocycles. The monoisotopic (exact) mass is 703 g/mol. The van der Waals surface area contributed by atoms with Gasteiger partial charge in [-0.3, -0.25) is 0 Å². The molecule has 276 valence electrons. The Kier molecular flexibility index (Phi) is 8.24. The fourth-order valence-corrected chi connectivity index (χ4v) is 14.3. The van der Waals surface area contributed by atoms with Crippen LogP contribution in [0, 0.1) is 51.2 Å². The van der Waals surface area contributed by atoms with E-state index in [0.717, 1.165) is 51.1 Å². The molecule has 5 saturated carbocycles. The Morgan fingerprint density at radius 1 is 0.796 bits per heavy atom. The van der Waals surface area contributed by atoms with Crippen molar-refractivity contribution in [1.29, 1.82) is 0 Å². The minimum Gasteiger partial charge on any atom is -0.446 e. The first-order valence-electron chi connectivity index (χ1n) is 19.6. The van der Waals surface area contributed by atoms with E-state index in [4.69, 9.17) is 14.2 Å². The molecular weight excluding hydrogens is 642 g/mol.